The zero-order valence-corrected chi connectivity index (χ0v) is 19.0. The quantitative estimate of drug-likeness (QED) is 0.409. The van der Waals surface area contributed by atoms with Crippen molar-refractivity contribution >= 4 is 11.6 Å². The molecule has 0 saturated carbocycles. The van der Waals surface area contributed by atoms with Crippen LogP contribution in [0.5, 0.6) is 0 Å². The molecule has 166 valence electrons. The van der Waals surface area contributed by atoms with Crippen LogP contribution >= 0.6 is 0 Å². The molecule has 0 saturated heterocycles. The van der Waals surface area contributed by atoms with Crippen LogP contribution in [0.3, 0.4) is 0 Å². The minimum absolute atomic E-state index is 0.0398. The lowest BCUT2D eigenvalue weighted by atomic mass is 10.1. The highest BCUT2D eigenvalue weighted by Crippen LogP contribution is 2.19. The van der Waals surface area contributed by atoms with Crippen molar-refractivity contribution in [3.05, 3.63) is 89.9 Å². The third-order valence-corrected chi connectivity index (χ3v) is 5.79. The average Bonchev–Trinajstić information content (AvgIpc) is 3.45. The lowest BCUT2D eigenvalue weighted by Gasteiger charge is -2.20. The fraction of sp³-hybridized carbons (Fsp3) is 0.320. The Hall–Kier alpha value is -3.45. The molecule has 3 aromatic heterocycles. The van der Waals surface area contributed by atoms with Crippen molar-refractivity contribution in [1.29, 1.82) is 0 Å². The summed E-state index contributed by atoms with van der Waals surface area (Å²) < 4.78 is 4.11. The van der Waals surface area contributed by atoms with E-state index in [0.29, 0.717) is 18.8 Å². The molecule has 0 aliphatic heterocycles. The Balaban J connectivity index is 1.54. The number of pyridine rings is 1. The Kier molecular flexibility index (Phi) is 6.66. The maximum absolute atomic E-state index is 13.4. The molecule has 4 rings (SSSR count). The molecule has 1 amide bonds. The van der Waals surface area contributed by atoms with Crippen LogP contribution in [0.15, 0.2) is 67.4 Å². The Morgan fingerprint density at radius 2 is 1.84 bits per heavy atom. The molecule has 1 aromatic carbocycles. The number of fused-ring (bicyclic) bond motifs is 1. The predicted octanol–water partition coefficient (Wildman–Crippen LogP) is 3.29. The number of carbonyl (C=O) groups excluding carboxylic acids is 1. The van der Waals surface area contributed by atoms with Crippen molar-refractivity contribution in [2.45, 2.75) is 26.4 Å². The summed E-state index contributed by atoms with van der Waals surface area (Å²) in [7, 11) is 3.92. The molecule has 0 atom stereocenters. The maximum atomic E-state index is 13.4. The van der Waals surface area contributed by atoms with Gasteiger partial charge in [-0.3, -0.25) is 9.69 Å². The van der Waals surface area contributed by atoms with Crippen LogP contribution in [0.4, 0.5) is 0 Å². The minimum atomic E-state index is -0.0398. The molecule has 32 heavy (non-hydrogen) atoms. The van der Waals surface area contributed by atoms with Crippen LogP contribution in [0.25, 0.3) is 5.65 Å². The largest absolute Gasteiger partial charge is 0.340 e. The maximum Gasteiger partial charge on any atom is 0.274 e. The fourth-order valence-corrected chi connectivity index (χ4v) is 3.84. The molecule has 0 bridgehead atoms. The lowest BCUT2D eigenvalue weighted by Crippen LogP contribution is -2.31. The van der Waals surface area contributed by atoms with Gasteiger partial charge < -0.3 is 13.9 Å². The molecule has 7 nitrogen and oxygen atoms in total. The summed E-state index contributed by atoms with van der Waals surface area (Å²) in [4.78, 5) is 26.3. The topological polar surface area (TPSA) is 58.7 Å². The third-order valence-electron chi connectivity index (χ3n) is 5.79. The number of carbonyl (C=O) groups is 1. The predicted molar refractivity (Wildman–Crippen MR) is 126 cm³/mol. The first-order valence-corrected chi connectivity index (χ1v) is 10.9. The van der Waals surface area contributed by atoms with Gasteiger partial charge in [0.15, 0.2) is 5.69 Å². The average molecular weight is 431 g/mol. The number of nitrogens with zero attached hydrogens (tertiary/aromatic N) is 6. The summed E-state index contributed by atoms with van der Waals surface area (Å²) in [6.07, 6.45) is 8.38. The van der Waals surface area contributed by atoms with E-state index >= 15 is 0 Å². The van der Waals surface area contributed by atoms with Crippen LogP contribution in [0.1, 0.15) is 27.3 Å². The molecule has 4 aromatic rings. The summed E-state index contributed by atoms with van der Waals surface area (Å²) in [5.74, 6) is -0.0398. The number of hydrogen-bond acceptors (Lipinski definition) is 4. The highest BCUT2D eigenvalue weighted by atomic mass is 16.2. The van der Waals surface area contributed by atoms with Gasteiger partial charge in [-0.05, 0) is 37.6 Å². The molecule has 0 fully saturated rings. The van der Waals surface area contributed by atoms with Gasteiger partial charge in [0.1, 0.15) is 5.65 Å². The van der Waals surface area contributed by atoms with Crippen LogP contribution in [-0.2, 0) is 19.5 Å². The second-order valence-corrected chi connectivity index (χ2v) is 8.29. The Morgan fingerprint density at radius 3 is 2.59 bits per heavy atom. The first-order chi connectivity index (χ1) is 15.5. The van der Waals surface area contributed by atoms with Crippen LogP contribution < -0.4 is 0 Å². The number of hydrogen-bond donors (Lipinski definition) is 0. The molecule has 3 heterocycles. The number of aryl methyl sites for hydroxylation is 1. The van der Waals surface area contributed by atoms with E-state index < -0.39 is 0 Å². The minimum Gasteiger partial charge on any atom is -0.340 e. The zero-order valence-electron chi connectivity index (χ0n) is 19.0. The summed E-state index contributed by atoms with van der Waals surface area (Å²) in [5, 5.41) is 0. The third kappa shape index (κ3) is 4.89. The molecule has 0 radical (unpaired) electrons. The number of benzene rings is 1. The van der Waals surface area contributed by atoms with Gasteiger partial charge in [-0.1, -0.05) is 36.4 Å². The Morgan fingerprint density at radius 1 is 1.03 bits per heavy atom. The van der Waals surface area contributed by atoms with Gasteiger partial charge in [0.25, 0.3) is 5.91 Å². The number of rotatable bonds is 9. The van der Waals surface area contributed by atoms with Gasteiger partial charge in [-0.15, -0.1) is 0 Å². The van der Waals surface area contributed by atoms with E-state index in [2.05, 4.69) is 38.0 Å². The number of likely N-dealkylation sites (N-methyl/N-ethyl adjacent to an activating group) is 2. The Labute approximate surface area is 188 Å². The van der Waals surface area contributed by atoms with E-state index in [9.17, 15) is 4.79 Å². The molecule has 7 heteroatoms. The van der Waals surface area contributed by atoms with E-state index in [1.54, 1.807) is 11.1 Å². The summed E-state index contributed by atoms with van der Waals surface area (Å²) in [5.41, 5.74) is 4.57. The van der Waals surface area contributed by atoms with Gasteiger partial charge >= 0.3 is 0 Å². The van der Waals surface area contributed by atoms with Crippen molar-refractivity contribution in [2.24, 2.45) is 0 Å². The molecule has 0 unspecified atom stereocenters. The highest BCUT2D eigenvalue weighted by molar-refractivity contribution is 5.94. The van der Waals surface area contributed by atoms with Crippen LogP contribution in [-0.4, -0.2) is 61.8 Å². The van der Waals surface area contributed by atoms with Gasteiger partial charge in [0.05, 0.1) is 12.0 Å². The summed E-state index contributed by atoms with van der Waals surface area (Å²) in [6.45, 7) is 4.99. The molecule has 0 aliphatic carbocycles. The summed E-state index contributed by atoms with van der Waals surface area (Å²) in [6, 6.07) is 14.3. The first-order valence-electron chi connectivity index (χ1n) is 10.9. The van der Waals surface area contributed by atoms with E-state index in [1.807, 2.05) is 63.0 Å². The second-order valence-electron chi connectivity index (χ2n) is 8.29. The molecular formula is C25H30N6O. The number of imidazole rings is 2. The standard InChI is InChI=1S/C25H30N6O/c1-20-8-7-13-31-22(18-28(2)16-17-30-15-12-26-19-30)23(27-24(20)31)25(32)29(3)14-11-21-9-5-4-6-10-21/h4-10,12-13,15,19H,11,14,16-18H2,1-3H3. The number of aromatic nitrogens is 4. The molecular weight excluding hydrogens is 400 g/mol. The smallest absolute Gasteiger partial charge is 0.274 e. The highest BCUT2D eigenvalue weighted by Gasteiger charge is 2.23. The van der Waals surface area contributed by atoms with Gasteiger partial charge in [-0.25, -0.2) is 9.97 Å². The van der Waals surface area contributed by atoms with Crippen LogP contribution in [0.2, 0.25) is 0 Å². The zero-order chi connectivity index (χ0) is 22.5. The molecule has 0 N–H and O–H groups in total. The van der Waals surface area contributed by atoms with Crippen molar-refractivity contribution in [2.75, 3.05) is 27.2 Å². The fourth-order valence-electron chi connectivity index (χ4n) is 3.84. The van der Waals surface area contributed by atoms with Crippen LogP contribution in [0, 0.1) is 6.92 Å². The van der Waals surface area contributed by atoms with Gasteiger partial charge in [0, 0.05) is 51.8 Å². The van der Waals surface area contributed by atoms with E-state index in [4.69, 9.17) is 4.98 Å². The molecule has 0 aliphatic rings. The van der Waals surface area contributed by atoms with Crippen molar-refractivity contribution in [1.82, 2.24) is 28.7 Å². The van der Waals surface area contributed by atoms with E-state index in [-0.39, 0.29) is 5.91 Å². The van der Waals surface area contributed by atoms with E-state index in [1.165, 1.54) is 5.56 Å². The SMILES string of the molecule is Cc1cccn2c(CN(C)CCn3ccnc3)c(C(=O)N(C)CCc3ccccc3)nc12. The van der Waals surface area contributed by atoms with Crippen molar-refractivity contribution in [3.63, 3.8) is 0 Å². The lowest BCUT2D eigenvalue weighted by molar-refractivity contribution is 0.0789. The van der Waals surface area contributed by atoms with E-state index in [0.717, 1.165) is 36.4 Å². The summed E-state index contributed by atoms with van der Waals surface area (Å²) >= 11 is 0. The monoisotopic (exact) mass is 430 g/mol. The normalized spacial score (nSPS) is 11.4. The van der Waals surface area contributed by atoms with Crippen molar-refractivity contribution < 1.29 is 4.79 Å². The Bertz CT molecular complexity index is 1170. The second kappa shape index (κ2) is 9.78. The van der Waals surface area contributed by atoms with Crippen molar-refractivity contribution in [3.8, 4) is 0 Å². The van der Waals surface area contributed by atoms with Gasteiger partial charge in [0.2, 0.25) is 0 Å². The number of amides is 1. The first kappa shape index (κ1) is 21.8. The molecule has 0 spiro atoms. The van der Waals surface area contributed by atoms with Gasteiger partial charge in [-0.2, -0.15) is 0 Å².